The van der Waals surface area contributed by atoms with Crippen molar-refractivity contribution >= 4 is 16.9 Å². The van der Waals surface area contributed by atoms with Crippen molar-refractivity contribution < 1.29 is 9.47 Å². The molecule has 0 unspecified atom stereocenters. The third kappa shape index (κ3) is 6.38. The predicted molar refractivity (Wildman–Crippen MR) is 163 cm³/mol. The number of hydrogen-bond acceptors (Lipinski definition) is 8. The molecule has 2 aromatic carbocycles. The lowest BCUT2D eigenvalue weighted by Crippen LogP contribution is -2.51. The van der Waals surface area contributed by atoms with Crippen LogP contribution in [0.3, 0.4) is 0 Å². The Morgan fingerprint density at radius 2 is 1.51 bits per heavy atom. The molecule has 1 saturated carbocycles. The molecule has 1 saturated heterocycles. The van der Waals surface area contributed by atoms with E-state index in [9.17, 15) is 0 Å². The highest BCUT2D eigenvalue weighted by atomic mass is 16.5. The molecule has 2 aromatic heterocycles. The van der Waals surface area contributed by atoms with E-state index in [-0.39, 0.29) is 0 Å². The number of piperazine rings is 1. The van der Waals surface area contributed by atoms with Crippen LogP contribution in [0.5, 0.6) is 11.5 Å². The van der Waals surface area contributed by atoms with Gasteiger partial charge in [-0.1, -0.05) is 30.3 Å². The van der Waals surface area contributed by atoms with Gasteiger partial charge < -0.3 is 25.5 Å². The van der Waals surface area contributed by atoms with E-state index in [1.165, 1.54) is 12.8 Å². The third-order valence-electron chi connectivity index (χ3n) is 8.58. The summed E-state index contributed by atoms with van der Waals surface area (Å²) in [6.45, 7) is 7.51. The lowest BCUT2D eigenvalue weighted by molar-refractivity contribution is 0.0504. The minimum atomic E-state index is 0.401. The third-order valence-corrected chi connectivity index (χ3v) is 8.58. The molecule has 1 aliphatic carbocycles. The van der Waals surface area contributed by atoms with Gasteiger partial charge in [0.2, 0.25) is 0 Å². The SMILES string of the molecule is NCCOCCN1CCN([C@H]2CC[C@@H](n3cc(-c4ccc(Oc5ccccc5)cc4)c4c(N)ncnc43)CC2)CC1. The standard InChI is InChI=1S/C32H41N7O2/c33-14-20-40-21-19-37-15-17-38(18-16-37)25-8-10-26(11-9-25)39-22-29(30-31(34)35-23-36-32(30)39)24-6-12-28(13-7-24)41-27-4-2-1-3-5-27/h1-7,12-13,22-23,25-26H,8-11,14-21,33H2,(H2,34,35,36)/t25-,26+. The molecule has 4 aromatic rings. The number of ether oxygens (including phenoxy) is 2. The average molecular weight is 556 g/mol. The van der Waals surface area contributed by atoms with Crippen LogP contribution in [0.2, 0.25) is 0 Å². The smallest absolute Gasteiger partial charge is 0.146 e. The van der Waals surface area contributed by atoms with E-state index in [4.69, 9.17) is 25.9 Å². The minimum absolute atomic E-state index is 0.401. The van der Waals surface area contributed by atoms with Crippen molar-refractivity contribution in [3.8, 4) is 22.6 Å². The first-order valence-electron chi connectivity index (χ1n) is 14.9. The Labute approximate surface area is 242 Å². The van der Waals surface area contributed by atoms with Crippen LogP contribution in [0.25, 0.3) is 22.2 Å². The number of rotatable bonds is 10. The van der Waals surface area contributed by atoms with E-state index in [1.54, 1.807) is 6.33 Å². The Bertz CT molecular complexity index is 1390. The van der Waals surface area contributed by atoms with Crippen LogP contribution >= 0.6 is 0 Å². The highest BCUT2D eigenvalue weighted by molar-refractivity contribution is 6.00. The number of para-hydroxylation sites is 1. The molecule has 1 aliphatic heterocycles. The van der Waals surface area contributed by atoms with E-state index < -0.39 is 0 Å². The molecular formula is C32H41N7O2. The molecule has 0 amide bonds. The van der Waals surface area contributed by atoms with Crippen molar-refractivity contribution in [1.82, 2.24) is 24.3 Å². The van der Waals surface area contributed by atoms with Crippen molar-refractivity contribution in [2.75, 3.05) is 58.2 Å². The van der Waals surface area contributed by atoms with E-state index in [2.05, 4.69) is 37.7 Å². The molecule has 0 spiro atoms. The molecule has 0 bridgehead atoms. The monoisotopic (exact) mass is 555 g/mol. The molecule has 4 N–H and O–H groups in total. The minimum Gasteiger partial charge on any atom is -0.457 e. The number of nitrogen functional groups attached to an aromatic ring is 1. The first-order valence-corrected chi connectivity index (χ1v) is 14.9. The highest BCUT2D eigenvalue weighted by Crippen LogP contribution is 2.39. The molecular weight excluding hydrogens is 514 g/mol. The summed E-state index contributed by atoms with van der Waals surface area (Å²) in [4.78, 5) is 14.3. The summed E-state index contributed by atoms with van der Waals surface area (Å²) < 4.78 is 13.9. The highest BCUT2D eigenvalue weighted by Gasteiger charge is 2.30. The van der Waals surface area contributed by atoms with Gasteiger partial charge in [0.15, 0.2) is 0 Å². The first kappa shape index (κ1) is 27.7. The normalized spacial score (nSPS) is 20.4. The van der Waals surface area contributed by atoms with Gasteiger partial charge in [-0.05, 0) is 55.5 Å². The quantitative estimate of drug-likeness (QED) is 0.275. The zero-order valence-electron chi connectivity index (χ0n) is 23.7. The van der Waals surface area contributed by atoms with Crippen molar-refractivity contribution in [3.05, 3.63) is 67.1 Å². The fourth-order valence-electron chi connectivity index (χ4n) is 6.37. The largest absolute Gasteiger partial charge is 0.457 e. The molecule has 0 atom stereocenters. The fraction of sp³-hybridized carbons (Fsp3) is 0.438. The number of aromatic nitrogens is 3. The van der Waals surface area contributed by atoms with Crippen LogP contribution in [0, 0.1) is 0 Å². The molecule has 9 heteroatoms. The fourth-order valence-corrected chi connectivity index (χ4v) is 6.37. The molecule has 9 nitrogen and oxygen atoms in total. The van der Waals surface area contributed by atoms with Crippen molar-refractivity contribution in [2.45, 2.75) is 37.8 Å². The number of anilines is 1. The van der Waals surface area contributed by atoms with Gasteiger partial charge in [-0.3, -0.25) is 9.80 Å². The number of nitrogens with two attached hydrogens (primary N) is 2. The van der Waals surface area contributed by atoms with Gasteiger partial charge in [-0.25, -0.2) is 9.97 Å². The van der Waals surface area contributed by atoms with Crippen LogP contribution in [0.15, 0.2) is 67.1 Å². The van der Waals surface area contributed by atoms with Crippen LogP contribution in [0.1, 0.15) is 31.7 Å². The Balaban J connectivity index is 1.11. The van der Waals surface area contributed by atoms with Crippen molar-refractivity contribution in [2.24, 2.45) is 5.73 Å². The Kier molecular flexibility index (Phi) is 8.77. The zero-order chi connectivity index (χ0) is 28.0. The summed E-state index contributed by atoms with van der Waals surface area (Å²) in [7, 11) is 0. The topological polar surface area (TPSA) is 108 Å². The summed E-state index contributed by atoms with van der Waals surface area (Å²) in [5.41, 5.74) is 15.0. The van der Waals surface area contributed by atoms with Gasteiger partial charge in [0.25, 0.3) is 0 Å². The van der Waals surface area contributed by atoms with E-state index in [1.807, 2.05) is 42.5 Å². The van der Waals surface area contributed by atoms with Gasteiger partial charge in [-0.15, -0.1) is 0 Å². The molecule has 41 heavy (non-hydrogen) atoms. The van der Waals surface area contributed by atoms with E-state index in [0.29, 0.717) is 31.1 Å². The van der Waals surface area contributed by atoms with E-state index in [0.717, 1.165) is 85.8 Å². The molecule has 2 fully saturated rings. The lowest BCUT2D eigenvalue weighted by Gasteiger charge is -2.42. The zero-order valence-corrected chi connectivity index (χ0v) is 23.7. The number of benzene rings is 2. The van der Waals surface area contributed by atoms with Crippen molar-refractivity contribution in [1.29, 1.82) is 0 Å². The Morgan fingerprint density at radius 3 is 2.24 bits per heavy atom. The van der Waals surface area contributed by atoms with Gasteiger partial charge in [0.1, 0.15) is 29.3 Å². The summed E-state index contributed by atoms with van der Waals surface area (Å²) in [6.07, 6.45) is 8.49. The number of hydrogen-bond donors (Lipinski definition) is 2. The predicted octanol–water partition coefficient (Wildman–Crippen LogP) is 4.55. The summed E-state index contributed by atoms with van der Waals surface area (Å²) >= 11 is 0. The van der Waals surface area contributed by atoms with Crippen LogP contribution in [-0.2, 0) is 4.74 Å². The lowest BCUT2D eigenvalue weighted by atomic mass is 9.89. The van der Waals surface area contributed by atoms with Crippen LogP contribution < -0.4 is 16.2 Å². The average Bonchev–Trinajstić information content (AvgIpc) is 3.42. The van der Waals surface area contributed by atoms with E-state index >= 15 is 0 Å². The molecule has 0 radical (unpaired) electrons. The second kappa shape index (κ2) is 13.0. The molecule has 3 heterocycles. The maximum Gasteiger partial charge on any atom is 0.146 e. The molecule has 216 valence electrons. The van der Waals surface area contributed by atoms with Gasteiger partial charge >= 0.3 is 0 Å². The Hall–Kier alpha value is -3.50. The number of fused-ring (bicyclic) bond motifs is 1. The van der Waals surface area contributed by atoms with Crippen LogP contribution in [0.4, 0.5) is 5.82 Å². The summed E-state index contributed by atoms with van der Waals surface area (Å²) in [6, 6.07) is 19.1. The Morgan fingerprint density at radius 1 is 0.805 bits per heavy atom. The van der Waals surface area contributed by atoms with Gasteiger partial charge in [0, 0.05) is 63.1 Å². The second-order valence-electron chi connectivity index (χ2n) is 11.1. The van der Waals surface area contributed by atoms with Gasteiger partial charge in [0.05, 0.1) is 18.6 Å². The van der Waals surface area contributed by atoms with Crippen LogP contribution in [-0.4, -0.2) is 82.9 Å². The molecule has 2 aliphatic rings. The summed E-state index contributed by atoms with van der Waals surface area (Å²) in [5, 5.41) is 0.929. The van der Waals surface area contributed by atoms with Crippen molar-refractivity contribution in [3.63, 3.8) is 0 Å². The maximum atomic E-state index is 6.43. The number of nitrogens with zero attached hydrogens (tertiary/aromatic N) is 5. The second-order valence-corrected chi connectivity index (χ2v) is 11.1. The summed E-state index contributed by atoms with van der Waals surface area (Å²) in [5.74, 6) is 2.14. The van der Waals surface area contributed by atoms with Gasteiger partial charge in [-0.2, -0.15) is 0 Å². The first-order chi connectivity index (χ1) is 20.2. The maximum absolute atomic E-state index is 6.43. The molecule has 6 rings (SSSR count).